The van der Waals surface area contributed by atoms with Crippen LogP contribution in [0.1, 0.15) is 31.4 Å². The van der Waals surface area contributed by atoms with Crippen LogP contribution >= 0.6 is 11.6 Å². The molecule has 0 aliphatic rings. The molecular formula is C30H36ClN3O5S. The molecule has 0 aliphatic heterocycles. The monoisotopic (exact) mass is 585 g/mol. The first-order valence-corrected chi connectivity index (χ1v) is 15.2. The van der Waals surface area contributed by atoms with E-state index in [-0.39, 0.29) is 24.9 Å². The van der Waals surface area contributed by atoms with E-state index in [9.17, 15) is 18.0 Å². The Morgan fingerprint density at radius 2 is 1.62 bits per heavy atom. The van der Waals surface area contributed by atoms with Crippen molar-refractivity contribution in [3.8, 4) is 5.75 Å². The Bertz CT molecular complexity index is 1380. The molecule has 0 bridgehead atoms. The molecule has 3 aromatic carbocycles. The molecule has 1 N–H and O–H groups in total. The second-order valence-electron chi connectivity index (χ2n) is 9.64. The molecule has 0 heterocycles. The van der Waals surface area contributed by atoms with E-state index in [1.165, 1.54) is 4.90 Å². The van der Waals surface area contributed by atoms with Gasteiger partial charge in [0.15, 0.2) is 0 Å². The van der Waals surface area contributed by atoms with Gasteiger partial charge in [0.25, 0.3) is 0 Å². The van der Waals surface area contributed by atoms with Crippen molar-refractivity contribution in [3.05, 3.63) is 95.0 Å². The van der Waals surface area contributed by atoms with Crippen LogP contribution in [0.25, 0.3) is 0 Å². The highest BCUT2D eigenvalue weighted by Crippen LogP contribution is 2.23. The summed E-state index contributed by atoms with van der Waals surface area (Å²) in [5, 5.41) is 3.45. The van der Waals surface area contributed by atoms with Crippen LogP contribution in [0.3, 0.4) is 0 Å². The zero-order valence-corrected chi connectivity index (χ0v) is 24.8. The van der Waals surface area contributed by atoms with E-state index in [1.54, 1.807) is 49.6 Å². The van der Waals surface area contributed by atoms with Gasteiger partial charge in [0.2, 0.25) is 21.8 Å². The number of rotatable bonds is 13. The molecule has 0 spiro atoms. The first-order valence-electron chi connectivity index (χ1n) is 13.0. The first kappa shape index (κ1) is 31.0. The first-order chi connectivity index (χ1) is 19.0. The molecule has 40 heavy (non-hydrogen) atoms. The second kappa shape index (κ2) is 14.2. The Hall–Kier alpha value is -3.56. The lowest BCUT2D eigenvalue weighted by Crippen LogP contribution is -2.54. The fraction of sp³-hybridized carbons (Fsp3) is 0.333. The van der Waals surface area contributed by atoms with Gasteiger partial charge in [0, 0.05) is 24.0 Å². The van der Waals surface area contributed by atoms with Crippen molar-refractivity contribution in [1.82, 2.24) is 10.2 Å². The van der Waals surface area contributed by atoms with Crippen LogP contribution in [0.2, 0.25) is 5.02 Å². The maximum absolute atomic E-state index is 14.1. The second-order valence-corrected chi connectivity index (χ2v) is 12.0. The standard InChI is InChI=1S/C30H36ClN3O5S/c1-5-22(2)32-30(36)28(19-23-10-7-6-8-11-23)33(20-24-12-9-13-27(18-24)39-3)29(35)21-34(40(4,37)38)26-16-14-25(31)15-17-26/h6-18,22,28H,5,19-21H2,1-4H3,(H,32,36). The minimum atomic E-state index is -3.85. The minimum absolute atomic E-state index is 0.0691. The molecule has 0 saturated carbocycles. The molecule has 10 heteroatoms. The van der Waals surface area contributed by atoms with Gasteiger partial charge in [-0.25, -0.2) is 8.42 Å². The summed E-state index contributed by atoms with van der Waals surface area (Å²) in [6.07, 6.45) is 2.00. The summed E-state index contributed by atoms with van der Waals surface area (Å²) in [5.74, 6) is -0.234. The normalized spacial score (nSPS) is 12.7. The number of ether oxygens (including phenoxy) is 1. The molecule has 0 aliphatic carbocycles. The van der Waals surface area contributed by atoms with E-state index in [1.807, 2.05) is 50.2 Å². The fourth-order valence-corrected chi connectivity index (χ4v) is 5.16. The molecule has 2 atom stereocenters. The van der Waals surface area contributed by atoms with E-state index in [2.05, 4.69) is 5.32 Å². The van der Waals surface area contributed by atoms with Gasteiger partial charge in [-0.2, -0.15) is 0 Å². The van der Waals surface area contributed by atoms with Crippen molar-refractivity contribution in [2.45, 2.75) is 45.3 Å². The van der Waals surface area contributed by atoms with E-state index < -0.39 is 28.5 Å². The van der Waals surface area contributed by atoms with Gasteiger partial charge in [0.05, 0.1) is 19.1 Å². The number of nitrogens with zero attached hydrogens (tertiary/aromatic N) is 2. The predicted octanol–water partition coefficient (Wildman–Crippen LogP) is 4.67. The quantitative estimate of drug-likeness (QED) is 0.314. The zero-order chi connectivity index (χ0) is 29.3. The average Bonchev–Trinajstić information content (AvgIpc) is 2.94. The minimum Gasteiger partial charge on any atom is -0.497 e. The summed E-state index contributed by atoms with van der Waals surface area (Å²) < 4.78 is 32.0. The summed E-state index contributed by atoms with van der Waals surface area (Å²) in [6.45, 7) is 3.44. The number of carbonyl (C=O) groups excluding carboxylic acids is 2. The molecule has 3 rings (SSSR count). The van der Waals surface area contributed by atoms with Gasteiger partial charge in [0.1, 0.15) is 18.3 Å². The van der Waals surface area contributed by atoms with Gasteiger partial charge in [-0.1, -0.05) is 61.0 Å². The van der Waals surface area contributed by atoms with Crippen molar-refractivity contribution in [3.63, 3.8) is 0 Å². The molecule has 214 valence electrons. The Morgan fingerprint density at radius 1 is 0.975 bits per heavy atom. The summed E-state index contributed by atoms with van der Waals surface area (Å²) in [5.41, 5.74) is 1.90. The lowest BCUT2D eigenvalue weighted by Gasteiger charge is -2.34. The lowest BCUT2D eigenvalue weighted by atomic mass is 10.0. The Labute approximate surface area is 241 Å². The third-order valence-corrected chi connectivity index (χ3v) is 7.95. The molecule has 2 amide bonds. The molecule has 3 aromatic rings. The van der Waals surface area contributed by atoms with Crippen LogP contribution < -0.4 is 14.4 Å². The Morgan fingerprint density at radius 3 is 2.23 bits per heavy atom. The predicted molar refractivity (Wildman–Crippen MR) is 159 cm³/mol. The highest BCUT2D eigenvalue weighted by molar-refractivity contribution is 7.92. The van der Waals surface area contributed by atoms with Gasteiger partial charge < -0.3 is 15.0 Å². The van der Waals surface area contributed by atoms with Crippen molar-refractivity contribution in [2.24, 2.45) is 0 Å². The van der Waals surface area contributed by atoms with E-state index in [0.717, 1.165) is 21.7 Å². The van der Waals surface area contributed by atoms with Crippen molar-refractivity contribution >= 4 is 39.1 Å². The maximum Gasteiger partial charge on any atom is 0.244 e. The summed E-state index contributed by atoms with van der Waals surface area (Å²) in [4.78, 5) is 29.2. The number of halogens is 1. The smallest absolute Gasteiger partial charge is 0.244 e. The summed E-state index contributed by atoms with van der Waals surface area (Å²) in [6, 6.07) is 21.8. The van der Waals surface area contributed by atoms with E-state index >= 15 is 0 Å². The van der Waals surface area contributed by atoms with Crippen LogP contribution in [0.5, 0.6) is 5.75 Å². The van der Waals surface area contributed by atoms with Crippen molar-refractivity contribution in [1.29, 1.82) is 0 Å². The third kappa shape index (κ3) is 8.72. The Kier molecular flexibility index (Phi) is 11.0. The van der Waals surface area contributed by atoms with E-state index in [0.29, 0.717) is 22.9 Å². The number of carbonyl (C=O) groups is 2. The van der Waals surface area contributed by atoms with Crippen LogP contribution in [0, 0.1) is 0 Å². The van der Waals surface area contributed by atoms with Gasteiger partial charge in [-0.15, -0.1) is 0 Å². The highest BCUT2D eigenvalue weighted by Gasteiger charge is 2.33. The van der Waals surface area contributed by atoms with Gasteiger partial charge in [-0.3, -0.25) is 13.9 Å². The molecule has 0 fully saturated rings. The van der Waals surface area contributed by atoms with Gasteiger partial charge in [-0.05, 0) is 60.9 Å². The lowest BCUT2D eigenvalue weighted by molar-refractivity contribution is -0.140. The fourth-order valence-electron chi connectivity index (χ4n) is 4.18. The average molecular weight is 586 g/mol. The van der Waals surface area contributed by atoms with Crippen molar-refractivity contribution < 1.29 is 22.7 Å². The van der Waals surface area contributed by atoms with Crippen LogP contribution in [0.4, 0.5) is 5.69 Å². The summed E-state index contributed by atoms with van der Waals surface area (Å²) >= 11 is 6.01. The number of nitrogens with one attached hydrogen (secondary N) is 1. The van der Waals surface area contributed by atoms with Crippen LogP contribution in [-0.2, 0) is 32.6 Å². The number of sulfonamides is 1. The number of methoxy groups -OCH3 is 1. The zero-order valence-electron chi connectivity index (χ0n) is 23.2. The summed E-state index contributed by atoms with van der Waals surface area (Å²) in [7, 11) is -2.30. The maximum atomic E-state index is 14.1. The molecule has 8 nitrogen and oxygen atoms in total. The number of amides is 2. The highest BCUT2D eigenvalue weighted by atomic mass is 35.5. The topological polar surface area (TPSA) is 96.0 Å². The van der Waals surface area contributed by atoms with Crippen molar-refractivity contribution in [2.75, 3.05) is 24.2 Å². The molecule has 0 radical (unpaired) electrons. The molecule has 0 saturated heterocycles. The number of benzene rings is 3. The molecule has 2 unspecified atom stereocenters. The Balaban J connectivity index is 2.06. The van der Waals surface area contributed by atoms with Crippen LogP contribution in [-0.4, -0.2) is 57.1 Å². The number of anilines is 1. The van der Waals surface area contributed by atoms with Crippen LogP contribution in [0.15, 0.2) is 78.9 Å². The van der Waals surface area contributed by atoms with E-state index in [4.69, 9.17) is 16.3 Å². The third-order valence-electron chi connectivity index (χ3n) is 6.55. The SMILES string of the molecule is CCC(C)NC(=O)C(Cc1ccccc1)N(Cc1cccc(OC)c1)C(=O)CN(c1ccc(Cl)cc1)S(C)(=O)=O. The van der Waals surface area contributed by atoms with Gasteiger partial charge >= 0.3 is 0 Å². The molecule has 0 aromatic heterocycles. The number of hydrogen-bond acceptors (Lipinski definition) is 5. The number of hydrogen-bond donors (Lipinski definition) is 1. The molecular weight excluding hydrogens is 550 g/mol. The largest absolute Gasteiger partial charge is 0.497 e.